The second-order valence-corrected chi connectivity index (χ2v) is 7.70. The van der Waals surface area contributed by atoms with E-state index in [2.05, 4.69) is 5.32 Å². The van der Waals surface area contributed by atoms with Crippen LogP contribution in [0.2, 0.25) is 0 Å². The van der Waals surface area contributed by atoms with Crippen molar-refractivity contribution in [2.75, 3.05) is 30.3 Å². The van der Waals surface area contributed by atoms with Gasteiger partial charge in [0.2, 0.25) is 0 Å². The van der Waals surface area contributed by atoms with Gasteiger partial charge in [-0.05, 0) is 25.0 Å². The topological polar surface area (TPSA) is 46.2 Å². The lowest BCUT2D eigenvalue weighted by atomic mass is 10.2. The summed E-state index contributed by atoms with van der Waals surface area (Å²) in [7, 11) is -2.80. The van der Waals surface area contributed by atoms with Crippen LogP contribution in [0.3, 0.4) is 0 Å². The van der Waals surface area contributed by atoms with E-state index in [-0.39, 0.29) is 5.75 Å². The fourth-order valence-electron chi connectivity index (χ4n) is 1.71. The van der Waals surface area contributed by atoms with Gasteiger partial charge in [0.05, 0.1) is 5.75 Å². The zero-order valence-electron chi connectivity index (χ0n) is 9.37. The molecule has 3 nitrogen and oxygen atoms in total. The largest absolute Gasteiger partial charge is 0.315 e. The Kier molecular flexibility index (Phi) is 6.00. The summed E-state index contributed by atoms with van der Waals surface area (Å²) in [6.07, 6.45) is 3.31. The standard InChI is InChI=1S/C10H21NO2S2/c1-2-7-15(12,13)8-5-11-9-10-4-3-6-14-10/h10-11H,2-9H2,1H3. The molecule has 0 spiro atoms. The second-order valence-electron chi connectivity index (χ2n) is 3.99. The van der Waals surface area contributed by atoms with E-state index in [1.54, 1.807) is 0 Å². The lowest BCUT2D eigenvalue weighted by Gasteiger charge is -2.09. The maximum atomic E-state index is 11.4. The molecular weight excluding hydrogens is 230 g/mol. The molecule has 0 aliphatic carbocycles. The van der Waals surface area contributed by atoms with Crippen LogP contribution in [0.5, 0.6) is 0 Å². The summed E-state index contributed by atoms with van der Waals surface area (Å²) in [6, 6.07) is 0. The summed E-state index contributed by atoms with van der Waals surface area (Å²) in [6.45, 7) is 3.48. The number of sulfone groups is 1. The maximum Gasteiger partial charge on any atom is 0.151 e. The summed E-state index contributed by atoms with van der Waals surface area (Å²) < 4.78 is 22.8. The van der Waals surface area contributed by atoms with E-state index in [0.29, 0.717) is 17.5 Å². The Morgan fingerprint density at radius 2 is 2.20 bits per heavy atom. The van der Waals surface area contributed by atoms with E-state index in [4.69, 9.17) is 0 Å². The SMILES string of the molecule is CCCS(=O)(=O)CCNCC1CCCS1. The maximum absolute atomic E-state index is 11.4. The van der Waals surface area contributed by atoms with Crippen LogP contribution in [0.15, 0.2) is 0 Å². The summed E-state index contributed by atoms with van der Waals surface area (Å²) in [5, 5.41) is 3.95. The van der Waals surface area contributed by atoms with Gasteiger partial charge in [-0.15, -0.1) is 0 Å². The van der Waals surface area contributed by atoms with Crippen LogP contribution < -0.4 is 5.32 Å². The molecule has 15 heavy (non-hydrogen) atoms. The molecule has 0 radical (unpaired) electrons. The third-order valence-electron chi connectivity index (χ3n) is 2.50. The van der Waals surface area contributed by atoms with Crippen LogP contribution in [0.4, 0.5) is 0 Å². The Hall–Kier alpha value is 0.260. The average molecular weight is 251 g/mol. The summed E-state index contributed by atoms with van der Waals surface area (Å²) in [4.78, 5) is 0. The van der Waals surface area contributed by atoms with Gasteiger partial charge in [-0.25, -0.2) is 8.42 Å². The number of thioether (sulfide) groups is 1. The van der Waals surface area contributed by atoms with Crippen LogP contribution in [0.25, 0.3) is 0 Å². The molecule has 0 amide bonds. The fraction of sp³-hybridized carbons (Fsp3) is 1.00. The molecule has 0 aromatic heterocycles. The molecule has 1 unspecified atom stereocenters. The predicted octanol–water partition coefficient (Wildman–Crippen LogP) is 1.30. The minimum Gasteiger partial charge on any atom is -0.315 e. The van der Waals surface area contributed by atoms with Crippen molar-refractivity contribution in [1.82, 2.24) is 5.32 Å². The fourth-order valence-corrected chi connectivity index (χ4v) is 4.23. The molecule has 0 bridgehead atoms. The molecule has 1 aliphatic heterocycles. The Morgan fingerprint density at radius 3 is 2.80 bits per heavy atom. The first-order valence-electron chi connectivity index (χ1n) is 5.67. The Labute approximate surface area is 97.3 Å². The van der Waals surface area contributed by atoms with Crippen molar-refractivity contribution in [1.29, 1.82) is 0 Å². The van der Waals surface area contributed by atoms with Crippen molar-refractivity contribution in [3.05, 3.63) is 0 Å². The summed E-state index contributed by atoms with van der Waals surface area (Å²) in [5.41, 5.74) is 0. The minimum absolute atomic E-state index is 0.290. The first kappa shape index (κ1) is 13.3. The molecule has 1 rings (SSSR count). The van der Waals surface area contributed by atoms with Gasteiger partial charge in [0.1, 0.15) is 0 Å². The highest BCUT2D eigenvalue weighted by Crippen LogP contribution is 2.25. The second kappa shape index (κ2) is 6.76. The molecule has 1 fully saturated rings. The zero-order valence-corrected chi connectivity index (χ0v) is 11.0. The molecular formula is C10H21NO2S2. The number of hydrogen-bond donors (Lipinski definition) is 1. The molecule has 5 heteroatoms. The van der Waals surface area contributed by atoms with Crippen LogP contribution in [-0.4, -0.2) is 44.0 Å². The highest BCUT2D eigenvalue weighted by Gasteiger charge is 2.15. The quantitative estimate of drug-likeness (QED) is 0.693. The van der Waals surface area contributed by atoms with Crippen LogP contribution in [0, 0.1) is 0 Å². The van der Waals surface area contributed by atoms with Crippen LogP contribution in [-0.2, 0) is 9.84 Å². The van der Waals surface area contributed by atoms with Gasteiger partial charge in [0, 0.05) is 24.1 Å². The Bertz CT molecular complexity index is 259. The number of nitrogens with one attached hydrogen (secondary N) is 1. The van der Waals surface area contributed by atoms with Crippen molar-refractivity contribution in [2.24, 2.45) is 0 Å². The van der Waals surface area contributed by atoms with Crippen LogP contribution >= 0.6 is 11.8 Å². The van der Waals surface area contributed by atoms with Gasteiger partial charge >= 0.3 is 0 Å². The lowest BCUT2D eigenvalue weighted by Crippen LogP contribution is -2.29. The first-order valence-corrected chi connectivity index (χ1v) is 8.54. The smallest absolute Gasteiger partial charge is 0.151 e. The van der Waals surface area contributed by atoms with Gasteiger partial charge in [-0.1, -0.05) is 6.92 Å². The Morgan fingerprint density at radius 1 is 1.40 bits per heavy atom. The van der Waals surface area contributed by atoms with E-state index in [9.17, 15) is 8.42 Å². The summed E-state index contributed by atoms with van der Waals surface area (Å²) >= 11 is 2.00. The van der Waals surface area contributed by atoms with E-state index in [1.807, 2.05) is 18.7 Å². The Balaban J connectivity index is 2.05. The van der Waals surface area contributed by atoms with E-state index >= 15 is 0 Å². The summed E-state index contributed by atoms with van der Waals surface area (Å²) in [5.74, 6) is 1.88. The molecule has 1 aliphatic rings. The molecule has 1 saturated heterocycles. The normalized spacial score (nSPS) is 22.1. The average Bonchev–Trinajstić information content (AvgIpc) is 2.65. The minimum atomic E-state index is -2.80. The van der Waals surface area contributed by atoms with E-state index in [1.165, 1.54) is 18.6 Å². The highest BCUT2D eigenvalue weighted by molar-refractivity contribution is 8.00. The van der Waals surface area contributed by atoms with E-state index in [0.717, 1.165) is 13.0 Å². The van der Waals surface area contributed by atoms with Crippen molar-refractivity contribution in [3.63, 3.8) is 0 Å². The number of hydrogen-bond acceptors (Lipinski definition) is 4. The van der Waals surface area contributed by atoms with Gasteiger partial charge in [-0.3, -0.25) is 0 Å². The third kappa shape index (κ3) is 5.78. The van der Waals surface area contributed by atoms with Gasteiger partial charge in [-0.2, -0.15) is 11.8 Å². The van der Waals surface area contributed by atoms with Crippen molar-refractivity contribution >= 4 is 21.6 Å². The lowest BCUT2D eigenvalue weighted by molar-refractivity contribution is 0.588. The van der Waals surface area contributed by atoms with Crippen molar-refractivity contribution < 1.29 is 8.42 Å². The molecule has 0 aromatic carbocycles. The molecule has 1 N–H and O–H groups in total. The molecule has 90 valence electrons. The zero-order chi connectivity index (χ0) is 11.1. The molecule has 1 heterocycles. The van der Waals surface area contributed by atoms with Crippen LogP contribution in [0.1, 0.15) is 26.2 Å². The van der Waals surface area contributed by atoms with Crippen molar-refractivity contribution in [2.45, 2.75) is 31.4 Å². The molecule has 0 saturated carbocycles. The van der Waals surface area contributed by atoms with E-state index < -0.39 is 9.84 Å². The molecule has 1 atom stereocenters. The third-order valence-corrected chi connectivity index (χ3v) is 5.76. The molecule has 0 aromatic rings. The monoisotopic (exact) mass is 251 g/mol. The first-order chi connectivity index (χ1) is 7.14. The van der Waals surface area contributed by atoms with Crippen molar-refractivity contribution in [3.8, 4) is 0 Å². The highest BCUT2D eigenvalue weighted by atomic mass is 32.2. The van der Waals surface area contributed by atoms with Gasteiger partial charge in [0.25, 0.3) is 0 Å². The predicted molar refractivity (Wildman–Crippen MR) is 67.3 cm³/mol. The van der Waals surface area contributed by atoms with Gasteiger partial charge < -0.3 is 5.32 Å². The number of rotatable bonds is 7. The van der Waals surface area contributed by atoms with Gasteiger partial charge in [0.15, 0.2) is 9.84 Å².